The molecule has 0 bridgehead atoms. The van der Waals surface area contributed by atoms with Crippen LogP contribution in [0.2, 0.25) is 5.02 Å². The van der Waals surface area contributed by atoms with Gasteiger partial charge in [-0.1, -0.05) is 135 Å². The molecule has 3 aromatic rings. The zero-order chi connectivity index (χ0) is 28.3. The van der Waals surface area contributed by atoms with Crippen molar-refractivity contribution in [1.29, 1.82) is 0 Å². The lowest BCUT2D eigenvalue weighted by Gasteiger charge is -2.16. The van der Waals surface area contributed by atoms with E-state index in [0.29, 0.717) is 28.6 Å². The van der Waals surface area contributed by atoms with Crippen LogP contribution in [0.5, 0.6) is 0 Å². The van der Waals surface area contributed by atoms with Crippen LogP contribution in [0.25, 0.3) is 17.0 Å². The standard InChI is InChI=1S/C30H48ClN5O2S/c1-5-6-7-8-9-10-11-12-13-14-15-16-17-18-22-39(37,38)35-25-21-19-20-24(23-25)28-32-29-26(31)27(30(2,3)4)33-36(29)34-28/h19-21,23,33,35H,5-18,22H2,1-4H3. The summed E-state index contributed by atoms with van der Waals surface area (Å²) < 4.78 is 29.6. The Bertz CT molecular complexity index is 1260. The summed E-state index contributed by atoms with van der Waals surface area (Å²) in [6.07, 6.45) is 17.4. The second kappa shape index (κ2) is 15.1. The summed E-state index contributed by atoms with van der Waals surface area (Å²) >= 11 is 6.55. The Hall–Kier alpha value is -2.06. The van der Waals surface area contributed by atoms with E-state index in [1.807, 2.05) is 6.07 Å². The van der Waals surface area contributed by atoms with Gasteiger partial charge in [0.2, 0.25) is 10.0 Å². The molecule has 0 unspecified atom stereocenters. The molecule has 0 fully saturated rings. The minimum Gasteiger partial charge on any atom is -0.284 e. The van der Waals surface area contributed by atoms with Crippen LogP contribution in [0, 0.1) is 0 Å². The Labute approximate surface area is 240 Å². The highest BCUT2D eigenvalue weighted by Crippen LogP contribution is 2.32. The summed E-state index contributed by atoms with van der Waals surface area (Å²) in [7, 11) is -3.42. The van der Waals surface area contributed by atoms with Crippen molar-refractivity contribution in [3.63, 3.8) is 0 Å². The maximum Gasteiger partial charge on any atom is 0.232 e. The van der Waals surface area contributed by atoms with Crippen LogP contribution in [0.4, 0.5) is 5.69 Å². The third-order valence-electron chi connectivity index (χ3n) is 7.15. The molecule has 0 aliphatic carbocycles. The molecular formula is C30H48ClN5O2S. The van der Waals surface area contributed by atoms with Crippen LogP contribution in [-0.4, -0.2) is 34.0 Å². The van der Waals surface area contributed by atoms with Crippen molar-refractivity contribution in [3.05, 3.63) is 35.0 Å². The molecule has 0 atom stereocenters. The van der Waals surface area contributed by atoms with Gasteiger partial charge in [0, 0.05) is 16.7 Å². The smallest absolute Gasteiger partial charge is 0.232 e. The highest BCUT2D eigenvalue weighted by molar-refractivity contribution is 7.92. The number of anilines is 1. The number of halogens is 1. The highest BCUT2D eigenvalue weighted by Gasteiger charge is 2.24. The summed E-state index contributed by atoms with van der Waals surface area (Å²) in [5.41, 5.74) is 2.50. The van der Waals surface area contributed by atoms with Gasteiger partial charge in [0.25, 0.3) is 0 Å². The maximum absolute atomic E-state index is 12.7. The third kappa shape index (κ3) is 10.1. The molecule has 0 aliphatic rings. The Morgan fingerprint density at radius 3 is 2.00 bits per heavy atom. The topological polar surface area (TPSA) is 92.1 Å². The molecule has 0 spiro atoms. The third-order valence-corrected chi connectivity index (χ3v) is 8.88. The first-order valence-corrected chi connectivity index (χ1v) is 16.9. The fourth-order valence-corrected chi connectivity index (χ4v) is 6.48. The Morgan fingerprint density at radius 2 is 1.46 bits per heavy atom. The van der Waals surface area contributed by atoms with Crippen molar-refractivity contribution in [1.82, 2.24) is 19.8 Å². The molecule has 218 valence electrons. The molecule has 0 radical (unpaired) electrons. The van der Waals surface area contributed by atoms with Crippen LogP contribution in [-0.2, 0) is 15.4 Å². The number of hydrogen-bond donors (Lipinski definition) is 2. The number of hydrogen-bond acceptors (Lipinski definition) is 4. The molecule has 7 nitrogen and oxygen atoms in total. The number of benzene rings is 1. The average molecular weight is 578 g/mol. The fraction of sp³-hybridized carbons (Fsp3) is 0.667. The molecular weight excluding hydrogens is 530 g/mol. The van der Waals surface area contributed by atoms with Crippen molar-refractivity contribution in [2.24, 2.45) is 0 Å². The van der Waals surface area contributed by atoms with Gasteiger partial charge < -0.3 is 0 Å². The predicted octanol–water partition coefficient (Wildman–Crippen LogP) is 8.90. The number of aromatic amines is 1. The van der Waals surface area contributed by atoms with Crippen molar-refractivity contribution < 1.29 is 8.42 Å². The lowest BCUT2D eigenvalue weighted by atomic mass is 9.92. The average Bonchev–Trinajstić information content (AvgIpc) is 3.43. The first-order valence-electron chi connectivity index (χ1n) is 14.9. The minimum absolute atomic E-state index is 0.131. The molecule has 0 saturated carbocycles. The largest absolute Gasteiger partial charge is 0.284 e. The van der Waals surface area contributed by atoms with Crippen molar-refractivity contribution in [2.75, 3.05) is 10.5 Å². The maximum atomic E-state index is 12.7. The SMILES string of the molecule is CCCCCCCCCCCCCCCCS(=O)(=O)Nc1cccc(-c2nc3c(Cl)c(C(C)(C)C)[nH]n3n2)c1. The minimum atomic E-state index is -3.42. The number of fused-ring (bicyclic) bond motifs is 1. The number of rotatable bonds is 18. The summed E-state index contributed by atoms with van der Waals surface area (Å²) in [5.74, 6) is 0.614. The van der Waals surface area contributed by atoms with E-state index >= 15 is 0 Å². The van der Waals surface area contributed by atoms with Gasteiger partial charge in [0.15, 0.2) is 11.5 Å². The summed E-state index contributed by atoms with van der Waals surface area (Å²) in [6.45, 7) is 8.47. The lowest BCUT2D eigenvalue weighted by molar-refractivity contribution is 0.537. The van der Waals surface area contributed by atoms with Gasteiger partial charge in [-0.2, -0.15) is 4.63 Å². The van der Waals surface area contributed by atoms with E-state index in [0.717, 1.165) is 24.1 Å². The highest BCUT2D eigenvalue weighted by atomic mass is 35.5. The van der Waals surface area contributed by atoms with E-state index in [9.17, 15) is 8.42 Å². The van der Waals surface area contributed by atoms with Crippen LogP contribution >= 0.6 is 11.6 Å². The zero-order valence-corrected chi connectivity index (χ0v) is 25.9. The van der Waals surface area contributed by atoms with Crippen LogP contribution in [0.15, 0.2) is 24.3 Å². The van der Waals surface area contributed by atoms with E-state index in [-0.39, 0.29) is 11.2 Å². The Kier molecular flexibility index (Phi) is 12.2. The predicted molar refractivity (Wildman–Crippen MR) is 164 cm³/mol. The second-order valence-corrected chi connectivity index (χ2v) is 14.0. The lowest BCUT2D eigenvalue weighted by Crippen LogP contribution is -2.16. The van der Waals surface area contributed by atoms with Gasteiger partial charge in [-0.3, -0.25) is 9.82 Å². The van der Waals surface area contributed by atoms with E-state index in [4.69, 9.17) is 11.6 Å². The normalized spacial score (nSPS) is 12.4. The number of sulfonamides is 1. The van der Waals surface area contributed by atoms with Crippen LogP contribution < -0.4 is 4.72 Å². The van der Waals surface area contributed by atoms with Crippen LogP contribution in [0.1, 0.15) is 123 Å². The molecule has 0 amide bonds. The molecule has 0 aliphatic heterocycles. The first-order chi connectivity index (χ1) is 18.6. The molecule has 0 saturated heterocycles. The molecule has 2 heterocycles. The van der Waals surface area contributed by atoms with E-state index in [1.54, 1.807) is 22.8 Å². The summed E-state index contributed by atoms with van der Waals surface area (Å²) in [6, 6.07) is 7.17. The molecule has 1 aromatic carbocycles. The van der Waals surface area contributed by atoms with E-state index in [1.165, 1.54) is 70.6 Å². The van der Waals surface area contributed by atoms with Gasteiger partial charge in [0.1, 0.15) is 5.02 Å². The number of H-pyrrole nitrogens is 1. The van der Waals surface area contributed by atoms with Gasteiger partial charge >= 0.3 is 0 Å². The van der Waals surface area contributed by atoms with Gasteiger partial charge in [-0.25, -0.2) is 13.4 Å². The van der Waals surface area contributed by atoms with E-state index < -0.39 is 10.0 Å². The van der Waals surface area contributed by atoms with Gasteiger partial charge in [0.05, 0.1) is 11.4 Å². The zero-order valence-electron chi connectivity index (χ0n) is 24.4. The number of aromatic nitrogens is 4. The van der Waals surface area contributed by atoms with Gasteiger partial charge in [-0.05, 0) is 18.6 Å². The monoisotopic (exact) mass is 577 g/mol. The molecule has 3 rings (SSSR count). The number of nitrogens with one attached hydrogen (secondary N) is 2. The van der Waals surface area contributed by atoms with Crippen molar-refractivity contribution >= 4 is 33.0 Å². The van der Waals surface area contributed by atoms with Crippen LogP contribution in [0.3, 0.4) is 0 Å². The molecule has 9 heteroatoms. The molecule has 2 aromatic heterocycles. The molecule has 39 heavy (non-hydrogen) atoms. The number of unbranched alkanes of at least 4 members (excludes halogenated alkanes) is 13. The summed E-state index contributed by atoms with van der Waals surface area (Å²) in [5, 5.41) is 8.28. The molecule has 2 N–H and O–H groups in total. The fourth-order valence-electron chi connectivity index (χ4n) is 4.86. The van der Waals surface area contributed by atoms with E-state index in [2.05, 4.69) is 47.6 Å². The Morgan fingerprint density at radius 1 is 0.897 bits per heavy atom. The summed E-state index contributed by atoms with van der Waals surface area (Å²) in [4.78, 5) is 4.59. The van der Waals surface area contributed by atoms with Crippen molar-refractivity contribution in [3.8, 4) is 11.4 Å². The Balaban J connectivity index is 1.37. The second-order valence-electron chi connectivity index (χ2n) is 11.8. The quantitative estimate of drug-likeness (QED) is 0.148. The van der Waals surface area contributed by atoms with Gasteiger partial charge in [-0.15, -0.1) is 5.10 Å². The van der Waals surface area contributed by atoms with Crippen molar-refractivity contribution in [2.45, 2.75) is 123 Å². The number of nitrogens with zero attached hydrogens (tertiary/aromatic N) is 3. The first kappa shape index (κ1) is 31.5.